The molecule has 0 saturated heterocycles. The third kappa shape index (κ3) is 2.18. The molecule has 0 radical (unpaired) electrons. The molecule has 110 valence electrons. The van der Waals surface area contributed by atoms with Crippen molar-refractivity contribution in [2.75, 3.05) is 0 Å². The van der Waals surface area contributed by atoms with Gasteiger partial charge in [-0.05, 0) is 20.8 Å². The largest absolute Gasteiger partial charge is 0.309 e. The molecule has 7 heteroatoms. The molecule has 3 aromatic heterocycles. The molecule has 0 amide bonds. The summed E-state index contributed by atoms with van der Waals surface area (Å²) in [7, 11) is 0. The van der Waals surface area contributed by atoms with Crippen LogP contribution in [0.5, 0.6) is 0 Å². The van der Waals surface area contributed by atoms with Crippen molar-refractivity contribution in [2.45, 2.75) is 33.2 Å². The minimum Gasteiger partial charge on any atom is -0.309 e. The standard InChI is InChI=1S/C14H15ClN4OS/c1-4-19-8(3)11(7(2)18-19)9-6-21-14-12(9)13(20)16-10(5-15)17-14/h6H,4-5H2,1-3H3,(H,16,17,20). The Morgan fingerprint density at radius 1 is 1.43 bits per heavy atom. The molecule has 0 aliphatic heterocycles. The van der Waals surface area contributed by atoms with Crippen LogP contribution in [-0.2, 0) is 12.4 Å². The van der Waals surface area contributed by atoms with E-state index in [2.05, 4.69) is 22.0 Å². The molecule has 3 aromatic rings. The smallest absolute Gasteiger partial charge is 0.260 e. The first-order valence-electron chi connectivity index (χ1n) is 6.67. The van der Waals surface area contributed by atoms with Gasteiger partial charge in [0.2, 0.25) is 0 Å². The highest BCUT2D eigenvalue weighted by Gasteiger charge is 2.19. The zero-order valence-corrected chi connectivity index (χ0v) is 13.6. The molecule has 0 saturated carbocycles. The molecule has 0 unspecified atom stereocenters. The lowest BCUT2D eigenvalue weighted by Gasteiger charge is -2.02. The molecule has 0 fully saturated rings. The van der Waals surface area contributed by atoms with Crippen molar-refractivity contribution in [1.82, 2.24) is 19.7 Å². The summed E-state index contributed by atoms with van der Waals surface area (Å²) >= 11 is 7.21. The third-order valence-corrected chi connectivity index (χ3v) is 4.70. The first-order chi connectivity index (χ1) is 10.1. The van der Waals surface area contributed by atoms with E-state index >= 15 is 0 Å². The summed E-state index contributed by atoms with van der Waals surface area (Å²) in [5.41, 5.74) is 3.77. The zero-order chi connectivity index (χ0) is 15.1. The monoisotopic (exact) mass is 322 g/mol. The highest BCUT2D eigenvalue weighted by Crippen LogP contribution is 2.34. The van der Waals surface area contributed by atoms with Crippen LogP contribution in [0, 0.1) is 13.8 Å². The highest BCUT2D eigenvalue weighted by atomic mass is 35.5. The van der Waals surface area contributed by atoms with E-state index in [-0.39, 0.29) is 11.4 Å². The number of hydrogen-bond donors (Lipinski definition) is 1. The lowest BCUT2D eigenvalue weighted by atomic mass is 10.0. The summed E-state index contributed by atoms with van der Waals surface area (Å²) in [5.74, 6) is 0.699. The minimum atomic E-state index is -0.144. The fraction of sp³-hybridized carbons (Fsp3) is 0.357. The second kappa shape index (κ2) is 5.27. The number of thiophene rings is 1. The normalized spacial score (nSPS) is 11.4. The van der Waals surface area contributed by atoms with Crippen LogP contribution in [-0.4, -0.2) is 19.7 Å². The molecule has 0 aromatic carbocycles. The van der Waals surface area contributed by atoms with Gasteiger partial charge in [0.15, 0.2) is 0 Å². The summed E-state index contributed by atoms with van der Waals surface area (Å²) < 4.78 is 1.95. The molecule has 21 heavy (non-hydrogen) atoms. The van der Waals surface area contributed by atoms with Crippen LogP contribution < -0.4 is 5.56 Å². The van der Waals surface area contributed by atoms with E-state index in [4.69, 9.17) is 11.6 Å². The zero-order valence-electron chi connectivity index (χ0n) is 12.0. The number of alkyl halides is 1. The lowest BCUT2D eigenvalue weighted by molar-refractivity contribution is 0.634. The molecule has 0 spiro atoms. The fourth-order valence-corrected chi connectivity index (χ4v) is 3.71. The first-order valence-corrected chi connectivity index (χ1v) is 8.09. The molecule has 5 nitrogen and oxygen atoms in total. The molecule has 3 heterocycles. The number of nitrogens with one attached hydrogen (secondary N) is 1. The quantitative estimate of drug-likeness (QED) is 0.753. The van der Waals surface area contributed by atoms with Gasteiger partial charge in [-0.1, -0.05) is 0 Å². The highest BCUT2D eigenvalue weighted by molar-refractivity contribution is 7.17. The predicted octanol–water partition coefficient (Wildman–Crippen LogP) is 3.22. The number of rotatable bonds is 3. The molecular formula is C14H15ClN4OS. The third-order valence-electron chi connectivity index (χ3n) is 3.57. The van der Waals surface area contributed by atoms with Gasteiger partial charge < -0.3 is 4.98 Å². The maximum Gasteiger partial charge on any atom is 0.260 e. The van der Waals surface area contributed by atoms with Crippen molar-refractivity contribution in [3.63, 3.8) is 0 Å². The second-order valence-electron chi connectivity index (χ2n) is 4.84. The maximum atomic E-state index is 12.3. The van der Waals surface area contributed by atoms with Crippen LogP contribution in [0.1, 0.15) is 24.1 Å². The molecule has 0 atom stereocenters. The van der Waals surface area contributed by atoms with Gasteiger partial charge in [-0.2, -0.15) is 5.10 Å². The van der Waals surface area contributed by atoms with Gasteiger partial charge >= 0.3 is 0 Å². The van der Waals surface area contributed by atoms with Crippen LogP contribution >= 0.6 is 22.9 Å². The van der Waals surface area contributed by atoms with Crippen molar-refractivity contribution < 1.29 is 0 Å². The Hall–Kier alpha value is -1.66. The van der Waals surface area contributed by atoms with Crippen LogP contribution in [0.3, 0.4) is 0 Å². The Bertz CT molecular complexity index is 877. The van der Waals surface area contributed by atoms with Gasteiger partial charge in [0.25, 0.3) is 5.56 Å². The fourth-order valence-electron chi connectivity index (χ4n) is 2.64. The number of aromatic nitrogens is 4. The Morgan fingerprint density at radius 3 is 2.81 bits per heavy atom. The molecular weight excluding hydrogens is 308 g/mol. The van der Waals surface area contributed by atoms with Crippen molar-refractivity contribution in [3.8, 4) is 11.1 Å². The van der Waals surface area contributed by atoms with Crippen molar-refractivity contribution in [1.29, 1.82) is 0 Å². The number of H-pyrrole nitrogens is 1. The summed E-state index contributed by atoms with van der Waals surface area (Å²) in [6.45, 7) is 6.85. The van der Waals surface area contributed by atoms with Crippen molar-refractivity contribution in [3.05, 3.63) is 32.9 Å². The van der Waals surface area contributed by atoms with Crippen LogP contribution in [0.4, 0.5) is 0 Å². The van der Waals surface area contributed by atoms with Gasteiger partial charge in [0, 0.05) is 28.7 Å². The Morgan fingerprint density at radius 2 is 2.19 bits per heavy atom. The van der Waals surface area contributed by atoms with E-state index in [0.717, 1.165) is 29.1 Å². The Kier molecular flexibility index (Phi) is 3.59. The average Bonchev–Trinajstić information content (AvgIpc) is 3.00. The van der Waals surface area contributed by atoms with Crippen LogP contribution in [0.25, 0.3) is 21.3 Å². The van der Waals surface area contributed by atoms with Gasteiger partial charge in [0.05, 0.1) is 17.0 Å². The number of aromatic amines is 1. The molecule has 0 aliphatic carbocycles. The molecule has 3 rings (SSSR count). The van der Waals surface area contributed by atoms with E-state index in [1.165, 1.54) is 11.3 Å². The number of hydrogen-bond acceptors (Lipinski definition) is 4. The van der Waals surface area contributed by atoms with Crippen LogP contribution in [0.2, 0.25) is 0 Å². The van der Waals surface area contributed by atoms with Gasteiger partial charge in [-0.3, -0.25) is 9.48 Å². The molecule has 0 aliphatic rings. The predicted molar refractivity (Wildman–Crippen MR) is 86.2 cm³/mol. The van der Waals surface area contributed by atoms with E-state index in [0.29, 0.717) is 16.0 Å². The van der Waals surface area contributed by atoms with Crippen LogP contribution in [0.15, 0.2) is 10.2 Å². The summed E-state index contributed by atoms with van der Waals surface area (Å²) in [6.07, 6.45) is 0. The number of halogens is 1. The van der Waals surface area contributed by atoms with E-state index in [9.17, 15) is 4.79 Å². The number of aryl methyl sites for hydroxylation is 2. The summed E-state index contributed by atoms with van der Waals surface area (Å²) in [6, 6.07) is 0. The van der Waals surface area contributed by atoms with E-state index < -0.39 is 0 Å². The second-order valence-corrected chi connectivity index (χ2v) is 5.96. The summed E-state index contributed by atoms with van der Waals surface area (Å²) in [4.78, 5) is 20.2. The summed E-state index contributed by atoms with van der Waals surface area (Å²) in [5, 5.41) is 7.12. The first kappa shape index (κ1) is 14.3. The van der Waals surface area contributed by atoms with E-state index in [1.54, 1.807) is 0 Å². The Balaban J connectivity index is 2.32. The average molecular weight is 323 g/mol. The van der Waals surface area contributed by atoms with Crippen molar-refractivity contribution in [2.24, 2.45) is 0 Å². The van der Waals surface area contributed by atoms with Gasteiger partial charge in [-0.25, -0.2) is 4.98 Å². The van der Waals surface area contributed by atoms with Gasteiger partial charge in [-0.15, -0.1) is 22.9 Å². The Labute approximate surface area is 130 Å². The van der Waals surface area contributed by atoms with E-state index in [1.807, 2.05) is 23.9 Å². The maximum absolute atomic E-state index is 12.3. The van der Waals surface area contributed by atoms with Gasteiger partial charge in [0.1, 0.15) is 10.7 Å². The minimum absolute atomic E-state index is 0.144. The lowest BCUT2D eigenvalue weighted by Crippen LogP contribution is -2.10. The number of fused-ring (bicyclic) bond motifs is 1. The SMILES string of the molecule is CCn1nc(C)c(-c2csc3nc(CCl)[nH]c(=O)c23)c1C. The number of nitrogens with zero attached hydrogens (tertiary/aromatic N) is 3. The molecule has 0 bridgehead atoms. The molecule has 1 N–H and O–H groups in total. The van der Waals surface area contributed by atoms with Crippen molar-refractivity contribution >= 4 is 33.2 Å². The topological polar surface area (TPSA) is 63.6 Å².